The molecule has 1 aromatic rings. The molecule has 5 N–H and O–H groups in total. The molecule has 4 nitrogen and oxygen atoms in total. The van der Waals surface area contributed by atoms with Crippen molar-refractivity contribution in [1.82, 2.24) is 4.98 Å². The fourth-order valence-corrected chi connectivity index (χ4v) is 1.27. The van der Waals surface area contributed by atoms with Gasteiger partial charge in [0.25, 0.3) is 0 Å². The predicted octanol–water partition coefficient (Wildman–Crippen LogP) is 0.220. The van der Waals surface area contributed by atoms with Crippen LogP contribution in [0.5, 0.6) is 0 Å². The van der Waals surface area contributed by atoms with Crippen LogP contribution >= 0.6 is 0 Å². The standard InChI is InChI=1S/C9H15N3O/c1-9(13,3-4-10)7-6-12-5-2-8(7)11/h2,5-6,13H,3-4,10H2,1H3,(H2,11,12). The Hall–Kier alpha value is -1.13. The van der Waals surface area contributed by atoms with Crippen LogP contribution in [0.3, 0.4) is 0 Å². The van der Waals surface area contributed by atoms with E-state index in [2.05, 4.69) is 4.98 Å². The van der Waals surface area contributed by atoms with Crippen LogP contribution < -0.4 is 11.5 Å². The lowest BCUT2D eigenvalue weighted by Crippen LogP contribution is -2.26. The fraction of sp³-hybridized carbons (Fsp3) is 0.444. The zero-order valence-corrected chi connectivity index (χ0v) is 7.70. The summed E-state index contributed by atoms with van der Waals surface area (Å²) in [6.07, 6.45) is 3.64. The first-order valence-corrected chi connectivity index (χ1v) is 4.20. The zero-order valence-electron chi connectivity index (χ0n) is 7.70. The number of nitrogens with zero attached hydrogens (tertiary/aromatic N) is 1. The number of pyridine rings is 1. The topological polar surface area (TPSA) is 85.2 Å². The second-order valence-electron chi connectivity index (χ2n) is 3.28. The van der Waals surface area contributed by atoms with Gasteiger partial charge in [0, 0.05) is 23.6 Å². The van der Waals surface area contributed by atoms with Crippen molar-refractivity contribution < 1.29 is 5.11 Å². The minimum Gasteiger partial charge on any atom is -0.398 e. The molecule has 0 saturated carbocycles. The molecule has 0 amide bonds. The minimum absolute atomic E-state index is 0.418. The molecule has 1 unspecified atom stereocenters. The SMILES string of the molecule is CC(O)(CCN)c1cnccc1N. The Kier molecular flexibility index (Phi) is 2.85. The van der Waals surface area contributed by atoms with Crippen molar-refractivity contribution in [2.75, 3.05) is 12.3 Å². The number of nitrogen functional groups attached to an aromatic ring is 1. The van der Waals surface area contributed by atoms with Gasteiger partial charge in [0.1, 0.15) is 0 Å². The summed E-state index contributed by atoms with van der Waals surface area (Å²) < 4.78 is 0. The van der Waals surface area contributed by atoms with E-state index in [9.17, 15) is 5.11 Å². The first-order chi connectivity index (χ1) is 6.08. The molecule has 1 heterocycles. The van der Waals surface area contributed by atoms with Gasteiger partial charge in [0.15, 0.2) is 0 Å². The largest absolute Gasteiger partial charge is 0.398 e. The van der Waals surface area contributed by atoms with E-state index >= 15 is 0 Å². The highest BCUT2D eigenvalue weighted by Crippen LogP contribution is 2.27. The van der Waals surface area contributed by atoms with E-state index in [1.54, 1.807) is 25.4 Å². The Bertz CT molecular complexity index is 286. The monoisotopic (exact) mass is 181 g/mol. The molecule has 0 aliphatic carbocycles. The Morgan fingerprint density at radius 1 is 1.62 bits per heavy atom. The molecule has 4 heteroatoms. The minimum atomic E-state index is -0.979. The summed E-state index contributed by atoms with van der Waals surface area (Å²) in [5.41, 5.74) is 11.3. The number of hydrogen-bond donors (Lipinski definition) is 3. The van der Waals surface area contributed by atoms with Gasteiger partial charge in [0.2, 0.25) is 0 Å². The van der Waals surface area contributed by atoms with Gasteiger partial charge < -0.3 is 16.6 Å². The van der Waals surface area contributed by atoms with Crippen LogP contribution in [0.1, 0.15) is 18.9 Å². The molecular formula is C9H15N3O. The van der Waals surface area contributed by atoms with Crippen molar-refractivity contribution in [3.63, 3.8) is 0 Å². The number of aliphatic hydroxyl groups is 1. The quantitative estimate of drug-likeness (QED) is 0.622. The molecule has 0 saturated heterocycles. The third-order valence-corrected chi connectivity index (χ3v) is 2.07. The van der Waals surface area contributed by atoms with Crippen LogP contribution in [0.15, 0.2) is 18.5 Å². The van der Waals surface area contributed by atoms with Gasteiger partial charge in [-0.15, -0.1) is 0 Å². The van der Waals surface area contributed by atoms with Crippen molar-refractivity contribution in [3.05, 3.63) is 24.0 Å². The molecule has 1 atom stereocenters. The highest BCUT2D eigenvalue weighted by Gasteiger charge is 2.24. The molecule has 13 heavy (non-hydrogen) atoms. The van der Waals surface area contributed by atoms with Crippen LogP contribution in [0.2, 0.25) is 0 Å². The second kappa shape index (κ2) is 3.72. The van der Waals surface area contributed by atoms with Crippen molar-refractivity contribution in [1.29, 1.82) is 0 Å². The summed E-state index contributed by atoms with van der Waals surface area (Å²) in [5.74, 6) is 0. The summed E-state index contributed by atoms with van der Waals surface area (Å²) in [4.78, 5) is 3.91. The number of rotatable bonds is 3. The first kappa shape index (κ1) is 9.95. The molecule has 1 aromatic heterocycles. The Morgan fingerprint density at radius 3 is 2.85 bits per heavy atom. The maximum atomic E-state index is 9.97. The highest BCUT2D eigenvalue weighted by atomic mass is 16.3. The van der Waals surface area contributed by atoms with Crippen LogP contribution in [-0.2, 0) is 5.60 Å². The van der Waals surface area contributed by atoms with Gasteiger partial charge in [-0.2, -0.15) is 0 Å². The van der Waals surface area contributed by atoms with Crippen LogP contribution in [0, 0.1) is 0 Å². The lowest BCUT2D eigenvalue weighted by atomic mass is 9.93. The number of nitrogens with two attached hydrogens (primary N) is 2. The van der Waals surface area contributed by atoms with Gasteiger partial charge in [-0.3, -0.25) is 4.98 Å². The molecule has 0 fully saturated rings. The van der Waals surface area contributed by atoms with Gasteiger partial charge in [-0.1, -0.05) is 0 Å². The van der Waals surface area contributed by atoms with Crippen molar-refractivity contribution in [2.24, 2.45) is 5.73 Å². The summed E-state index contributed by atoms with van der Waals surface area (Å²) >= 11 is 0. The lowest BCUT2D eigenvalue weighted by Gasteiger charge is -2.23. The highest BCUT2D eigenvalue weighted by molar-refractivity contribution is 5.47. The number of anilines is 1. The summed E-state index contributed by atoms with van der Waals surface area (Å²) in [6.45, 7) is 2.11. The van der Waals surface area contributed by atoms with Crippen LogP contribution in [0.25, 0.3) is 0 Å². The molecule has 0 bridgehead atoms. The van der Waals surface area contributed by atoms with E-state index in [1.165, 1.54) is 0 Å². The average molecular weight is 181 g/mol. The van der Waals surface area contributed by atoms with E-state index in [1.807, 2.05) is 0 Å². The van der Waals surface area contributed by atoms with Crippen molar-refractivity contribution in [2.45, 2.75) is 18.9 Å². The van der Waals surface area contributed by atoms with Gasteiger partial charge in [-0.05, 0) is 26.0 Å². The Balaban J connectivity index is 2.99. The van der Waals surface area contributed by atoms with E-state index < -0.39 is 5.60 Å². The predicted molar refractivity (Wildman–Crippen MR) is 51.9 cm³/mol. The average Bonchev–Trinajstić information content (AvgIpc) is 2.04. The normalized spacial score (nSPS) is 15.3. The van der Waals surface area contributed by atoms with E-state index in [4.69, 9.17) is 11.5 Å². The third kappa shape index (κ3) is 2.17. The molecule has 72 valence electrons. The molecule has 0 aliphatic rings. The Morgan fingerprint density at radius 2 is 2.31 bits per heavy atom. The second-order valence-corrected chi connectivity index (χ2v) is 3.28. The molecule has 0 radical (unpaired) electrons. The van der Waals surface area contributed by atoms with E-state index in [0.29, 0.717) is 24.2 Å². The summed E-state index contributed by atoms with van der Waals surface area (Å²) in [7, 11) is 0. The van der Waals surface area contributed by atoms with Crippen LogP contribution in [-0.4, -0.2) is 16.6 Å². The van der Waals surface area contributed by atoms with Gasteiger partial charge >= 0.3 is 0 Å². The zero-order chi connectivity index (χ0) is 9.90. The molecule has 0 aliphatic heterocycles. The first-order valence-electron chi connectivity index (χ1n) is 4.20. The van der Waals surface area contributed by atoms with Crippen molar-refractivity contribution >= 4 is 5.69 Å². The summed E-state index contributed by atoms with van der Waals surface area (Å²) in [5, 5.41) is 9.97. The fourth-order valence-electron chi connectivity index (χ4n) is 1.27. The number of hydrogen-bond acceptors (Lipinski definition) is 4. The van der Waals surface area contributed by atoms with Crippen molar-refractivity contribution in [3.8, 4) is 0 Å². The maximum absolute atomic E-state index is 9.97. The van der Waals surface area contributed by atoms with E-state index in [-0.39, 0.29) is 0 Å². The van der Waals surface area contributed by atoms with Crippen LogP contribution in [0.4, 0.5) is 5.69 Å². The Labute approximate surface area is 77.6 Å². The van der Waals surface area contributed by atoms with Gasteiger partial charge in [-0.25, -0.2) is 0 Å². The van der Waals surface area contributed by atoms with Gasteiger partial charge in [0.05, 0.1) is 5.60 Å². The lowest BCUT2D eigenvalue weighted by molar-refractivity contribution is 0.0508. The molecule has 0 aromatic carbocycles. The molecular weight excluding hydrogens is 166 g/mol. The summed E-state index contributed by atoms with van der Waals surface area (Å²) in [6, 6.07) is 1.67. The smallest absolute Gasteiger partial charge is 0.0915 e. The molecule has 0 spiro atoms. The third-order valence-electron chi connectivity index (χ3n) is 2.07. The number of aromatic nitrogens is 1. The maximum Gasteiger partial charge on any atom is 0.0915 e. The van der Waals surface area contributed by atoms with E-state index in [0.717, 1.165) is 0 Å². The molecule has 1 rings (SSSR count).